The highest BCUT2D eigenvalue weighted by Gasteiger charge is 2.39. The lowest BCUT2D eigenvalue weighted by Gasteiger charge is -2.31. The first kappa shape index (κ1) is 23.7. The molecule has 2 aliphatic rings. The summed E-state index contributed by atoms with van der Waals surface area (Å²) in [6, 6.07) is 5.73. The van der Waals surface area contributed by atoms with Crippen LogP contribution in [0.2, 0.25) is 0 Å². The molecule has 0 spiro atoms. The van der Waals surface area contributed by atoms with Crippen LogP contribution in [0.15, 0.2) is 48.3 Å². The van der Waals surface area contributed by atoms with Crippen LogP contribution in [-0.4, -0.2) is 51.6 Å². The van der Waals surface area contributed by atoms with Crippen molar-refractivity contribution in [2.75, 3.05) is 25.9 Å². The minimum atomic E-state index is -1.14. The Bertz CT molecular complexity index is 1420. The van der Waals surface area contributed by atoms with Crippen LogP contribution in [0.1, 0.15) is 37.8 Å². The van der Waals surface area contributed by atoms with E-state index in [0.717, 1.165) is 31.5 Å². The Hall–Kier alpha value is -4.05. The molecule has 1 saturated heterocycles. The summed E-state index contributed by atoms with van der Waals surface area (Å²) < 4.78 is 7.69. The maximum atomic E-state index is 12.7. The summed E-state index contributed by atoms with van der Waals surface area (Å²) in [5.41, 5.74) is 14.3. The predicted octanol–water partition coefficient (Wildman–Crippen LogP) is 2.21. The number of nitrogens with one attached hydrogen (secondary N) is 1. The highest BCUT2D eigenvalue weighted by molar-refractivity contribution is 6.00. The van der Waals surface area contributed by atoms with Crippen LogP contribution in [0.4, 0.5) is 5.82 Å². The lowest BCUT2D eigenvalue weighted by atomic mass is 9.72. The van der Waals surface area contributed by atoms with Gasteiger partial charge in [0.2, 0.25) is 5.91 Å². The fourth-order valence-corrected chi connectivity index (χ4v) is 5.13. The number of hydrogen-bond acceptors (Lipinski definition) is 8. The van der Waals surface area contributed by atoms with E-state index in [1.807, 2.05) is 22.9 Å². The molecule has 5 N–H and O–H groups in total. The zero-order chi connectivity index (χ0) is 25.4. The number of nitrogen functional groups attached to an aromatic ring is 1. The lowest BCUT2D eigenvalue weighted by Crippen LogP contribution is -2.40. The molecule has 1 aliphatic carbocycles. The van der Waals surface area contributed by atoms with Crippen LogP contribution < -0.4 is 21.5 Å². The minimum absolute atomic E-state index is 0.0670. The smallest absolute Gasteiger partial charge is 0.232 e. The van der Waals surface area contributed by atoms with Crippen LogP contribution in [0.25, 0.3) is 22.3 Å². The van der Waals surface area contributed by atoms with E-state index in [4.69, 9.17) is 21.3 Å². The van der Waals surface area contributed by atoms with Gasteiger partial charge in [0.25, 0.3) is 0 Å². The van der Waals surface area contributed by atoms with Crippen molar-refractivity contribution in [1.29, 1.82) is 0 Å². The first-order valence-electron chi connectivity index (χ1n) is 11.9. The Morgan fingerprint density at radius 3 is 2.64 bits per heavy atom. The first-order chi connectivity index (χ1) is 17.4. The second-order valence-corrected chi connectivity index (χ2v) is 9.24. The third-order valence-corrected chi connectivity index (χ3v) is 7.17. The molecule has 1 unspecified atom stereocenters. The molecule has 5 rings (SSSR count). The molecule has 3 heterocycles. The molecule has 36 heavy (non-hydrogen) atoms. The molecule has 3 aromatic rings. The number of carbonyl (C=O) groups excluding carboxylic acids is 2. The van der Waals surface area contributed by atoms with Crippen molar-refractivity contribution in [2.45, 2.75) is 37.6 Å². The molecule has 0 radical (unpaired) electrons. The van der Waals surface area contributed by atoms with Gasteiger partial charge in [0.05, 0.1) is 24.0 Å². The van der Waals surface area contributed by atoms with Crippen molar-refractivity contribution in [1.82, 2.24) is 25.1 Å². The van der Waals surface area contributed by atoms with Crippen molar-refractivity contribution in [2.24, 2.45) is 5.73 Å². The molecule has 1 aliphatic heterocycles. The Morgan fingerprint density at radius 1 is 1.22 bits per heavy atom. The normalized spacial score (nSPS) is 20.3. The molecule has 1 aromatic carbocycles. The number of carbonyl (C=O) groups is 2. The number of nitrogens with zero attached hydrogens (tertiary/aromatic N) is 4. The van der Waals surface area contributed by atoms with Gasteiger partial charge in [0.15, 0.2) is 11.4 Å². The van der Waals surface area contributed by atoms with Crippen molar-refractivity contribution in [3.63, 3.8) is 0 Å². The summed E-state index contributed by atoms with van der Waals surface area (Å²) in [5, 5.41) is 9.00. The molecular formula is C26H29N7O3. The van der Waals surface area contributed by atoms with Crippen molar-refractivity contribution in [3.05, 3.63) is 53.9 Å². The molecule has 0 saturated carbocycles. The number of methoxy groups -OCH3 is 1. The van der Waals surface area contributed by atoms with E-state index in [9.17, 15) is 9.59 Å². The van der Waals surface area contributed by atoms with Crippen LogP contribution in [0.5, 0.6) is 5.75 Å². The molecule has 0 bridgehead atoms. The van der Waals surface area contributed by atoms with Crippen molar-refractivity contribution >= 4 is 28.5 Å². The summed E-state index contributed by atoms with van der Waals surface area (Å²) in [6.07, 6.45) is 8.67. The summed E-state index contributed by atoms with van der Waals surface area (Å²) >= 11 is 0. The number of ether oxygens (including phenoxy) is 1. The largest absolute Gasteiger partial charge is 0.496 e. The number of rotatable bonds is 6. The van der Waals surface area contributed by atoms with Gasteiger partial charge >= 0.3 is 0 Å². The van der Waals surface area contributed by atoms with Crippen LogP contribution in [0.3, 0.4) is 0 Å². The number of nitrogens with two attached hydrogens (primary N) is 2. The number of hydrogen-bond donors (Lipinski definition) is 3. The SMILES string of the molecule is COc1cc(-c2nn(C3CCNCC3)c3ncnc(N)c23)ccc1C1(C(N)=O)C=CC(C(C)=O)=CC1. The number of benzene rings is 1. The van der Waals surface area contributed by atoms with Crippen LogP contribution >= 0.6 is 0 Å². The molecule has 2 aromatic heterocycles. The van der Waals surface area contributed by atoms with Gasteiger partial charge < -0.3 is 21.5 Å². The molecular weight excluding hydrogens is 458 g/mol. The molecule has 1 amide bonds. The van der Waals surface area contributed by atoms with Gasteiger partial charge in [-0.1, -0.05) is 30.4 Å². The number of aromatic nitrogens is 4. The fourth-order valence-electron chi connectivity index (χ4n) is 5.13. The summed E-state index contributed by atoms with van der Waals surface area (Å²) in [5.74, 6) is 0.240. The Balaban J connectivity index is 1.63. The third-order valence-electron chi connectivity index (χ3n) is 7.17. The van der Waals surface area contributed by atoms with Gasteiger partial charge in [-0.15, -0.1) is 0 Å². The molecule has 10 nitrogen and oxygen atoms in total. The van der Waals surface area contributed by atoms with E-state index in [1.165, 1.54) is 13.3 Å². The topological polar surface area (TPSA) is 151 Å². The van der Waals surface area contributed by atoms with Gasteiger partial charge in [-0.3, -0.25) is 9.59 Å². The second kappa shape index (κ2) is 9.19. The summed E-state index contributed by atoms with van der Waals surface area (Å²) in [7, 11) is 1.55. The van der Waals surface area contributed by atoms with Crippen LogP contribution in [0, 0.1) is 0 Å². The van der Waals surface area contributed by atoms with Gasteiger partial charge in [-0.2, -0.15) is 5.10 Å². The van der Waals surface area contributed by atoms with Gasteiger partial charge in [-0.05, 0) is 45.3 Å². The number of fused-ring (bicyclic) bond motifs is 1. The second-order valence-electron chi connectivity index (χ2n) is 9.24. The first-order valence-corrected chi connectivity index (χ1v) is 11.9. The monoisotopic (exact) mass is 487 g/mol. The van der Waals surface area contributed by atoms with Crippen molar-refractivity contribution in [3.8, 4) is 17.0 Å². The predicted molar refractivity (Wildman–Crippen MR) is 136 cm³/mol. The van der Waals surface area contributed by atoms with E-state index >= 15 is 0 Å². The number of piperidine rings is 1. The zero-order valence-electron chi connectivity index (χ0n) is 20.3. The van der Waals surface area contributed by atoms with Gasteiger partial charge in [-0.25, -0.2) is 14.6 Å². The number of allylic oxidation sites excluding steroid dienone is 3. The molecule has 10 heteroatoms. The van der Waals surface area contributed by atoms with E-state index in [-0.39, 0.29) is 18.2 Å². The summed E-state index contributed by atoms with van der Waals surface area (Å²) in [6.45, 7) is 3.31. The maximum Gasteiger partial charge on any atom is 0.232 e. The Morgan fingerprint density at radius 2 is 2.00 bits per heavy atom. The van der Waals surface area contributed by atoms with E-state index in [1.54, 1.807) is 25.3 Å². The van der Waals surface area contributed by atoms with Crippen LogP contribution in [-0.2, 0) is 15.0 Å². The minimum Gasteiger partial charge on any atom is -0.496 e. The Kier molecular flexibility index (Phi) is 6.05. The number of ketones is 1. The van der Waals surface area contributed by atoms with E-state index in [0.29, 0.717) is 39.4 Å². The quantitative estimate of drug-likeness (QED) is 0.479. The number of primary amides is 1. The van der Waals surface area contributed by atoms with Gasteiger partial charge in [0, 0.05) is 16.7 Å². The highest BCUT2D eigenvalue weighted by Crippen LogP contribution is 2.42. The molecule has 186 valence electrons. The molecule has 1 atom stereocenters. The fraction of sp³-hybridized carbons (Fsp3) is 0.346. The van der Waals surface area contributed by atoms with E-state index in [2.05, 4.69) is 15.3 Å². The average molecular weight is 488 g/mol. The lowest BCUT2D eigenvalue weighted by molar-refractivity contribution is -0.122. The Labute approximate surface area is 208 Å². The number of amides is 1. The van der Waals surface area contributed by atoms with E-state index < -0.39 is 11.3 Å². The number of anilines is 1. The highest BCUT2D eigenvalue weighted by atomic mass is 16.5. The number of Topliss-reactive ketones (excluding diaryl/α,β-unsaturated/α-hetero) is 1. The third kappa shape index (κ3) is 3.83. The molecule has 1 fully saturated rings. The van der Waals surface area contributed by atoms with Gasteiger partial charge in [0.1, 0.15) is 23.6 Å². The summed E-state index contributed by atoms with van der Waals surface area (Å²) in [4.78, 5) is 33.2. The maximum absolute atomic E-state index is 12.7. The zero-order valence-corrected chi connectivity index (χ0v) is 20.3. The average Bonchev–Trinajstić information content (AvgIpc) is 3.30. The van der Waals surface area contributed by atoms with Crippen molar-refractivity contribution < 1.29 is 14.3 Å². The standard InChI is InChI=1S/C26H29N7O3/c1-15(34)16-5-9-26(10-6-16,25(28)35)19-4-3-17(13-20(19)36-2)22-21-23(27)30-14-31-24(21)33(32-22)18-7-11-29-12-8-18/h3-6,9,13-14,18,29H,7-8,10-12H2,1-2H3,(H2,28,35)(H2,27,30,31).